The van der Waals surface area contributed by atoms with Crippen molar-refractivity contribution in [1.82, 2.24) is 5.43 Å². The molecule has 1 atom stereocenters. The summed E-state index contributed by atoms with van der Waals surface area (Å²) >= 11 is 0. The van der Waals surface area contributed by atoms with Crippen molar-refractivity contribution in [2.45, 2.75) is 33.2 Å². The van der Waals surface area contributed by atoms with Crippen LogP contribution in [0.1, 0.15) is 33.9 Å². The Balaban J connectivity index is 2.44. The molecule has 0 aromatic heterocycles. The lowest BCUT2D eigenvalue weighted by molar-refractivity contribution is 0.469. The highest BCUT2D eigenvalue weighted by atomic mass is 19.1. The van der Waals surface area contributed by atoms with Gasteiger partial charge in [0.25, 0.3) is 0 Å². The van der Waals surface area contributed by atoms with Gasteiger partial charge in [-0.25, -0.2) is 8.78 Å². The Kier molecular flexibility index (Phi) is 4.70. The molecule has 21 heavy (non-hydrogen) atoms. The summed E-state index contributed by atoms with van der Waals surface area (Å²) in [6, 6.07) is 8.04. The molecule has 3 N–H and O–H groups in total. The van der Waals surface area contributed by atoms with E-state index in [2.05, 4.69) is 5.43 Å². The number of benzene rings is 2. The molecule has 0 radical (unpaired) electrons. The number of nitrogens with two attached hydrogens (primary N) is 1. The molecule has 1 unspecified atom stereocenters. The monoisotopic (exact) mass is 290 g/mol. The Labute approximate surface area is 124 Å². The first-order chi connectivity index (χ1) is 9.95. The summed E-state index contributed by atoms with van der Waals surface area (Å²) in [5.74, 6) is 4.44. The zero-order chi connectivity index (χ0) is 15.6. The van der Waals surface area contributed by atoms with Crippen LogP contribution >= 0.6 is 0 Å². The van der Waals surface area contributed by atoms with Crippen LogP contribution in [-0.2, 0) is 6.42 Å². The fourth-order valence-corrected chi connectivity index (χ4v) is 2.62. The maximum absolute atomic E-state index is 14.3. The Morgan fingerprint density at radius 3 is 2.19 bits per heavy atom. The summed E-state index contributed by atoms with van der Waals surface area (Å²) in [5.41, 5.74) is 6.19. The number of hydrazine groups is 1. The third-order valence-corrected chi connectivity index (χ3v) is 3.92. The molecule has 0 amide bonds. The highest BCUT2D eigenvalue weighted by molar-refractivity contribution is 5.37. The van der Waals surface area contributed by atoms with Crippen LogP contribution in [0, 0.1) is 32.4 Å². The van der Waals surface area contributed by atoms with Crippen molar-refractivity contribution in [2.75, 3.05) is 0 Å². The van der Waals surface area contributed by atoms with Gasteiger partial charge in [0, 0.05) is 5.56 Å². The summed E-state index contributed by atoms with van der Waals surface area (Å²) in [4.78, 5) is 0. The average molecular weight is 290 g/mol. The van der Waals surface area contributed by atoms with Gasteiger partial charge in [0.1, 0.15) is 11.6 Å². The highest BCUT2D eigenvalue weighted by Crippen LogP contribution is 2.27. The van der Waals surface area contributed by atoms with Crippen LogP contribution < -0.4 is 11.3 Å². The van der Waals surface area contributed by atoms with Crippen molar-refractivity contribution in [1.29, 1.82) is 0 Å². The van der Waals surface area contributed by atoms with Gasteiger partial charge in [0.2, 0.25) is 0 Å². The minimum Gasteiger partial charge on any atom is -0.271 e. The summed E-state index contributed by atoms with van der Waals surface area (Å²) in [7, 11) is 0. The van der Waals surface area contributed by atoms with Crippen LogP contribution in [0.4, 0.5) is 8.78 Å². The fourth-order valence-electron chi connectivity index (χ4n) is 2.62. The minimum absolute atomic E-state index is 0.000142. The molecule has 0 saturated carbocycles. The van der Waals surface area contributed by atoms with Crippen molar-refractivity contribution in [3.8, 4) is 0 Å². The van der Waals surface area contributed by atoms with Crippen LogP contribution in [0.25, 0.3) is 0 Å². The van der Waals surface area contributed by atoms with Crippen molar-refractivity contribution in [3.05, 3.63) is 69.8 Å². The Morgan fingerprint density at radius 1 is 1.00 bits per heavy atom. The molecular weight excluding hydrogens is 270 g/mol. The molecule has 0 bridgehead atoms. The molecule has 0 fully saturated rings. The molecule has 2 aromatic rings. The van der Waals surface area contributed by atoms with Crippen LogP contribution in [0.2, 0.25) is 0 Å². The van der Waals surface area contributed by atoms with Crippen LogP contribution in [-0.4, -0.2) is 0 Å². The van der Waals surface area contributed by atoms with E-state index in [0.717, 1.165) is 16.7 Å². The lowest BCUT2D eigenvalue weighted by Crippen LogP contribution is -2.31. The van der Waals surface area contributed by atoms with E-state index < -0.39 is 17.7 Å². The molecule has 0 heterocycles. The Bertz CT molecular complexity index is 633. The van der Waals surface area contributed by atoms with E-state index in [4.69, 9.17) is 5.84 Å². The number of hydrogen-bond donors (Lipinski definition) is 2. The third kappa shape index (κ3) is 3.12. The van der Waals surface area contributed by atoms with Crippen LogP contribution in [0.5, 0.6) is 0 Å². The minimum atomic E-state index is -0.607. The SMILES string of the molecule is Cc1ccc(F)c(C(Cc2c(C)cccc2C)NN)c1F. The topological polar surface area (TPSA) is 38.0 Å². The van der Waals surface area contributed by atoms with Gasteiger partial charge >= 0.3 is 0 Å². The maximum atomic E-state index is 14.3. The second-order valence-corrected chi connectivity index (χ2v) is 5.39. The number of rotatable bonds is 4. The van der Waals surface area contributed by atoms with E-state index in [1.54, 1.807) is 6.92 Å². The zero-order valence-corrected chi connectivity index (χ0v) is 12.5. The molecule has 2 nitrogen and oxygen atoms in total. The van der Waals surface area contributed by atoms with E-state index in [-0.39, 0.29) is 5.56 Å². The quantitative estimate of drug-likeness (QED) is 0.666. The van der Waals surface area contributed by atoms with E-state index >= 15 is 0 Å². The standard InChI is InChI=1S/C17H20F2N2/c1-10-5-4-6-11(2)13(10)9-15(21-20)16-14(18)8-7-12(3)17(16)19/h4-8,15,21H,9,20H2,1-3H3. The smallest absolute Gasteiger partial charge is 0.133 e. The predicted molar refractivity (Wildman–Crippen MR) is 80.8 cm³/mol. The molecule has 0 aliphatic carbocycles. The van der Waals surface area contributed by atoms with Gasteiger partial charge in [0.05, 0.1) is 6.04 Å². The first kappa shape index (κ1) is 15.6. The maximum Gasteiger partial charge on any atom is 0.133 e. The lowest BCUT2D eigenvalue weighted by Gasteiger charge is -2.21. The average Bonchev–Trinajstić information content (AvgIpc) is 2.45. The number of hydrogen-bond acceptors (Lipinski definition) is 2. The van der Waals surface area contributed by atoms with Gasteiger partial charge in [-0.05, 0) is 55.5 Å². The van der Waals surface area contributed by atoms with E-state index in [1.165, 1.54) is 12.1 Å². The second-order valence-electron chi connectivity index (χ2n) is 5.39. The Hall–Kier alpha value is -1.78. The normalized spacial score (nSPS) is 12.5. The largest absolute Gasteiger partial charge is 0.271 e. The van der Waals surface area contributed by atoms with Gasteiger partial charge in [-0.1, -0.05) is 24.3 Å². The molecular formula is C17H20F2N2. The van der Waals surface area contributed by atoms with Crippen molar-refractivity contribution in [3.63, 3.8) is 0 Å². The summed E-state index contributed by atoms with van der Waals surface area (Å²) in [6.07, 6.45) is 0.437. The first-order valence-corrected chi connectivity index (χ1v) is 6.91. The predicted octanol–water partition coefficient (Wildman–Crippen LogP) is 3.64. The summed E-state index contributed by atoms with van der Waals surface area (Å²) < 4.78 is 28.3. The van der Waals surface area contributed by atoms with Gasteiger partial charge in [-0.2, -0.15) is 0 Å². The molecule has 0 spiro atoms. The van der Waals surface area contributed by atoms with Gasteiger partial charge in [0.15, 0.2) is 0 Å². The van der Waals surface area contributed by atoms with E-state index in [0.29, 0.717) is 12.0 Å². The molecule has 0 aliphatic rings. The molecule has 0 aliphatic heterocycles. The fraction of sp³-hybridized carbons (Fsp3) is 0.294. The molecule has 2 rings (SSSR count). The van der Waals surface area contributed by atoms with Gasteiger partial charge < -0.3 is 0 Å². The van der Waals surface area contributed by atoms with Crippen molar-refractivity contribution in [2.24, 2.45) is 5.84 Å². The van der Waals surface area contributed by atoms with Gasteiger partial charge in [-0.3, -0.25) is 11.3 Å². The molecule has 0 saturated heterocycles. The molecule has 4 heteroatoms. The van der Waals surface area contributed by atoms with E-state index in [1.807, 2.05) is 32.0 Å². The summed E-state index contributed by atoms with van der Waals surface area (Å²) in [5, 5.41) is 0. The van der Waals surface area contributed by atoms with Gasteiger partial charge in [-0.15, -0.1) is 0 Å². The number of nitrogens with one attached hydrogen (secondary N) is 1. The van der Waals surface area contributed by atoms with E-state index in [9.17, 15) is 8.78 Å². The van der Waals surface area contributed by atoms with Crippen molar-refractivity contribution < 1.29 is 8.78 Å². The second kappa shape index (κ2) is 6.33. The van der Waals surface area contributed by atoms with Crippen LogP contribution in [0.15, 0.2) is 30.3 Å². The highest BCUT2D eigenvalue weighted by Gasteiger charge is 2.22. The molecule has 2 aromatic carbocycles. The van der Waals surface area contributed by atoms with Crippen molar-refractivity contribution >= 4 is 0 Å². The summed E-state index contributed by atoms with van der Waals surface area (Å²) in [6.45, 7) is 5.59. The lowest BCUT2D eigenvalue weighted by atomic mass is 9.92. The third-order valence-electron chi connectivity index (χ3n) is 3.92. The van der Waals surface area contributed by atoms with Crippen LogP contribution in [0.3, 0.4) is 0 Å². The Morgan fingerprint density at radius 2 is 1.62 bits per heavy atom. The number of halogens is 2. The zero-order valence-electron chi connectivity index (χ0n) is 12.5. The number of aryl methyl sites for hydroxylation is 3. The molecule has 112 valence electrons. The first-order valence-electron chi connectivity index (χ1n) is 6.91.